The van der Waals surface area contributed by atoms with Crippen LogP contribution in [0.1, 0.15) is 30.4 Å². The number of aliphatic hydroxyl groups is 1. The maximum absolute atomic E-state index is 9.76. The lowest BCUT2D eigenvalue weighted by Crippen LogP contribution is -2.39. The van der Waals surface area contributed by atoms with Crippen LogP contribution in [0.3, 0.4) is 0 Å². The zero-order chi connectivity index (χ0) is 20.5. The number of nitrogens with zero attached hydrogens (tertiary/aromatic N) is 1. The predicted molar refractivity (Wildman–Crippen MR) is 132 cm³/mol. The van der Waals surface area contributed by atoms with Crippen molar-refractivity contribution in [3.63, 3.8) is 0 Å². The van der Waals surface area contributed by atoms with Gasteiger partial charge in [0.25, 0.3) is 0 Å². The van der Waals surface area contributed by atoms with Gasteiger partial charge in [0.1, 0.15) is 0 Å². The Hall–Kier alpha value is -1.71. The van der Waals surface area contributed by atoms with E-state index in [1.165, 1.54) is 0 Å². The van der Waals surface area contributed by atoms with Crippen molar-refractivity contribution in [2.75, 3.05) is 32.9 Å². The fourth-order valence-electron chi connectivity index (χ4n) is 3.12. The summed E-state index contributed by atoms with van der Waals surface area (Å²) in [6.45, 7) is 5.06. The van der Waals surface area contributed by atoms with Crippen molar-refractivity contribution >= 4 is 41.5 Å². The van der Waals surface area contributed by atoms with Gasteiger partial charge in [-0.25, -0.2) is 4.99 Å². The van der Waals surface area contributed by atoms with E-state index in [1.807, 2.05) is 49.4 Å². The van der Waals surface area contributed by atoms with Gasteiger partial charge in [-0.1, -0.05) is 41.9 Å². The van der Waals surface area contributed by atoms with E-state index < -0.39 is 0 Å². The molecule has 1 unspecified atom stereocenters. The summed E-state index contributed by atoms with van der Waals surface area (Å²) in [7, 11) is 0. The SMILES string of the molecule is CCNC(=NCc1cc(Cl)c2c(c1)OCCCO2)NCC(CO)c1ccccc1.I. The molecule has 0 bridgehead atoms. The second-order valence-electron chi connectivity index (χ2n) is 6.82. The van der Waals surface area contributed by atoms with Crippen LogP contribution in [-0.4, -0.2) is 44.0 Å². The average molecular weight is 546 g/mol. The molecule has 2 aromatic carbocycles. The number of ether oxygens (including phenoxy) is 2. The van der Waals surface area contributed by atoms with Gasteiger partial charge in [0.15, 0.2) is 17.5 Å². The second-order valence-corrected chi connectivity index (χ2v) is 7.23. The third-order valence-corrected chi connectivity index (χ3v) is 4.91. The van der Waals surface area contributed by atoms with Crippen LogP contribution in [0.25, 0.3) is 0 Å². The normalized spacial score (nSPS) is 14.3. The smallest absolute Gasteiger partial charge is 0.191 e. The van der Waals surface area contributed by atoms with Gasteiger partial charge in [-0.05, 0) is 30.2 Å². The molecule has 0 radical (unpaired) electrons. The van der Waals surface area contributed by atoms with E-state index in [-0.39, 0.29) is 36.5 Å². The average Bonchev–Trinajstić information content (AvgIpc) is 2.99. The molecule has 0 fully saturated rings. The lowest BCUT2D eigenvalue weighted by atomic mass is 10.0. The molecule has 164 valence electrons. The van der Waals surface area contributed by atoms with Crippen molar-refractivity contribution in [2.45, 2.75) is 25.8 Å². The van der Waals surface area contributed by atoms with Crippen LogP contribution in [0.4, 0.5) is 0 Å². The van der Waals surface area contributed by atoms with Gasteiger partial charge in [-0.3, -0.25) is 0 Å². The zero-order valence-corrected chi connectivity index (χ0v) is 20.2. The van der Waals surface area contributed by atoms with E-state index in [4.69, 9.17) is 21.1 Å². The van der Waals surface area contributed by atoms with Crippen LogP contribution < -0.4 is 20.1 Å². The number of aliphatic imine (C=N–C) groups is 1. The van der Waals surface area contributed by atoms with Crippen LogP contribution in [0.5, 0.6) is 11.5 Å². The summed E-state index contributed by atoms with van der Waals surface area (Å²) in [5, 5.41) is 16.9. The predicted octanol–water partition coefficient (Wildman–Crippen LogP) is 3.95. The monoisotopic (exact) mass is 545 g/mol. The maximum atomic E-state index is 9.76. The van der Waals surface area contributed by atoms with Crippen molar-refractivity contribution in [1.82, 2.24) is 10.6 Å². The Morgan fingerprint density at radius 3 is 2.67 bits per heavy atom. The summed E-state index contributed by atoms with van der Waals surface area (Å²) in [6.07, 6.45) is 0.834. The molecule has 3 rings (SSSR count). The van der Waals surface area contributed by atoms with Gasteiger partial charge < -0.3 is 25.2 Å². The number of hydrogen-bond donors (Lipinski definition) is 3. The Morgan fingerprint density at radius 2 is 1.93 bits per heavy atom. The number of rotatable bonds is 7. The van der Waals surface area contributed by atoms with Crippen LogP contribution in [0.15, 0.2) is 47.5 Å². The highest BCUT2D eigenvalue weighted by Crippen LogP contribution is 2.38. The zero-order valence-electron chi connectivity index (χ0n) is 17.1. The first-order valence-electron chi connectivity index (χ1n) is 9.97. The first-order valence-corrected chi connectivity index (χ1v) is 10.3. The van der Waals surface area contributed by atoms with Crippen LogP contribution in [0.2, 0.25) is 5.02 Å². The number of hydrogen-bond acceptors (Lipinski definition) is 4. The minimum absolute atomic E-state index is 0. The van der Waals surface area contributed by atoms with Crippen molar-refractivity contribution in [1.29, 1.82) is 0 Å². The molecule has 1 heterocycles. The first kappa shape index (κ1) is 24.6. The third-order valence-electron chi connectivity index (χ3n) is 4.63. The Morgan fingerprint density at radius 1 is 1.17 bits per heavy atom. The second kappa shape index (κ2) is 12.9. The minimum Gasteiger partial charge on any atom is -0.489 e. The van der Waals surface area contributed by atoms with Gasteiger partial charge in [0, 0.05) is 25.4 Å². The molecule has 1 aliphatic heterocycles. The number of guanidine groups is 1. The van der Waals surface area contributed by atoms with E-state index >= 15 is 0 Å². The molecule has 2 aromatic rings. The first-order chi connectivity index (χ1) is 14.2. The topological polar surface area (TPSA) is 75.1 Å². The quantitative estimate of drug-likeness (QED) is 0.279. The van der Waals surface area contributed by atoms with E-state index in [9.17, 15) is 5.11 Å². The van der Waals surface area contributed by atoms with Crippen molar-refractivity contribution in [3.05, 3.63) is 58.6 Å². The summed E-state index contributed by atoms with van der Waals surface area (Å²) in [5.41, 5.74) is 2.03. The summed E-state index contributed by atoms with van der Waals surface area (Å²) >= 11 is 6.37. The summed E-state index contributed by atoms with van der Waals surface area (Å²) in [6, 6.07) is 13.8. The molecule has 6 nitrogen and oxygen atoms in total. The highest BCUT2D eigenvalue weighted by Gasteiger charge is 2.16. The molecule has 1 atom stereocenters. The van der Waals surface area contributed by atoms with E-state index in [2.05, 4.69) is 15.6 Å². The van der Waals surface area contributed by atoms with E-state index in [1.54, 1.807) is 0 Å². The summed E-state index contributed by atoms with van der Waals surface area (Å²) in [5.74, 6) is 1.95. The third kappa shape index (κ3) is 6.92. The van der Waals surface area contributed by atoms with E-state index in [0.717, 1.165) is 24.1 Å². The number of aliphatic hydroxyl groups excluding tert-OH is 1. The lowest BCUT2D eigenvalue weighted by Gasteiger charge is -2.18. The van der Waals surface area contributed by atoms with Crippen LogP contribution >= 0.6 is 35.6 Å². The highest BCUT2D eigenvalue weighted by atomic mass is 127. The Bertz CT molecular complexity index is 821. The molecule has 30 heavy (non-hydrogen) atoms. The number of fused-ring (bicyclic) bond motifs is 1. The molecule has 3 N–H and O–H groups in total. The molecular formula is C22H29ClIN3O3. The molecule has 0 saturated carbocycles. The van der Waals surface area contributed by atoms with Gasteiger partial charge in [-0.15, -0.1) is 24.0 Å². The maximum Gasteiger partial charge on any atom is 0.191 e. The molecule has 0 aliphatic carbocycles. The molecule has 0 spiro atoms. The van der Waals surface area contributed by atoms with Gasteiger partial charge in [0.2, 0.25) is 0 Å². The van der Waals surface area contributed by atoms with Crippen molar-refractivity contribution in [3.8, 4) is 11.5 Å². The number of halogens is 2. The van der Waals surface area contributed by atoms with Gasteiger partial charge in [0.05, 0.1) is 31.4 Å². The molecule has 0 aromatic heterocycles. The Kier molecular flexibility index (Phi) is 10.5. The standard InChI is InChI=1S/C22H28ClN3O3.HI/c1-2-24-22(26-14-18(15-27)17-7-4-3-5-8-17)25-13-16-11-19(23)21-20(12-16)28-9-6-10-29-21;/h3-5,7-8,11-12,18,27H,2,6,9-10,13-15H2,1H3,(H2,24,25,26);1H. The molecule has 0 amide bonds. The van der Waals surface area contributed by atoms with Crippen molar-refractivity contribution < 1.29 is 14.6 Å². The summed E-state index contributed by atoms with van der Waals surface area (Å²) in [4.78, 5) is 4.65. The fraction of sp³-hybridized carbons (Fsp3) is 0.409. The number of benzene rings is 2. The fourth-order valence-corrected chi connectivity index (χ4v) is 3.41. The molecule has 8 heteroatoms. The Labute approximate surface area is 200 Å². The summed E-state index contributed by atoms with van der Waals surface area (Å²) < 4.78 is 11.4. The molecule has 1 aliphatic rings. The van der Waals surface area contributed by atoms with E-state index in [0.29, 0.717) is 48.8 Å². The van der Waals surface area contributed by atoms with Crippen molar-refractivity contribution in [2.24, 2.45) is 4.99 Å². The van der Waals surface area contributed by atoms with Crippen LogP contribution in [0, 0.1) is 0 Å². The largest absolute Gasteiger partial charge is 0.489 e. The minimum atomic E-state index is -0.00690. The lowest BCUT2D eigenvalue weighted by molar-refractivity contribution is 0.265. The molecular weight excluding hydrogens is 517 g/mol. The highest BCUT2D eigenvalue weighted by molar-refractivity contribution is 14.0. The Balaban J connectivity index is 0.00000320. The number of nitrogens with one attached hydrogen (secondary N) is 2. The molecule has 0 saturated heterocycles. The van der Waals surface area contributed by atoms with Gasteiger partial charge >= 0.3 is 0 Å². The van der Waals surface area contributed by atoms with Gasteiger partial charge in [-0.2, -0.15) is 0 Å². The van der Waals surface area contributed by atoms with Crippen LogP contribution in [-0.2, 0) is 6.54 Å².